The number of rotatable bonds is 10. The Kier molecular flexibility index (Phi) is 11.0. The van der Waals surface area contributed by atoms with E-state index < -0.39 is 5.82 Å². The van der Waals surface area contributed by atoms with Gasteiger partial charge in [-0.2, -0.15) is 0 Å². The summed E-state index contributed by atoms with van der Waals surface area (Å²) in [5, 5.41) is 0. The van der Waals surface area contributed by atoms with Gasteiger partial charge in [-0.15, -0.1) is 12.4 Å². The highest BCUT2D eigenvalue weighted by Crippen LogP contribution is 2.45. The quantitative estimate of drug-likeness (QED) is 0.433. The van der Waals surface area contributed by atoms with Crippen molar-refractivity contribution >= 4 is 24.1 Å². The fraction of sp³-hybridized carbons (Fsp3) is 0.633. The average Bonchev–Trinajstić information content (AvgIpc) is 2.95. The van der Waals surface area contributed by atoms with Gasteiger partial charge in [-0.3, -0.25) is 4.79 Å². The summed E-state index contributed by atoms with van der Waals surface area (Å²) in [4.78, 5) is 28.6. The van der Waals surface area contributed by atoms with E-state index in [0.717, 1.165) is 58.4 Å². The minimum atomic E-state index is -0.504. The molecule has 2 atom stereocenters. The summed E-state index contributed by atoms with van der Waals surface area (Å²) in [6.07, 6.45) is 7.73. The maximum Gasteiger partial charge on any atom is 0.258 e. The summed E-state index contributed by atoms with van der Waals surface area (Å²) >= 11 is 0. The molecule has 10 nitrogen and oxygen atoms in total. The maximum absolute atomic E-state index is 14.3. The van der Waals surface area contributed by atoms with E-state index in [1.807, 2.05) is 13.8 Å². The number of anilines is 1. The standard InChI is InChI=1S/C30H43FN6O4.ClH/c1-21(2)37(12-13-39-3)29(38)25-14-22(31)4-7-26(25)41-27-15-33-20-34-28(27)36-18-30(19-36)8-10-35(11-9-30)16-24-6-5-23(32)17-40-24;/h4,7,14-15,20-21,23-24H,5-6,8-13,16-19,32H2,1-3H3;1H/t23-,24+;/m1./s1. The van der Waals surface area contributed by atoms with Gasteiger partial charge in [0, 0.05) is 50.8 Å². The summed E-state index contributed by atoms with van der Waals surface area (Å²) in [7, 11) is 1.59. The molecule has 1 aromatic carbocycles. The molecule has 232 valence electrons. The third kappa shape index (κ3) is 7.49. The van der Waals surface area contributed by atoms with Crippen molar-refractivity contribution in [1.82, 2.24) is 19.8 Å². The van der Waals surface area contributed by atoms with Crippen LogP contribution in [0.1, 0.15) is 49.9 Å². The SMILES string of the molecule is COCCN(C(=O)c1cc(F)ccc1Oc1cncnc1N1CC2(CCN(C[C@@H]3CC[C@@H](N)CO3)CC2)C1)C(C)C.Cl. The molecule has 0 aliphatic carbocycles. The largest absolute Gasteiger partial charge is 0.451 e. The van der Waals surface area contributed by atoms with Crippen LogP contribution in [0.5, 0.6) is 11.5 Å². The zero-order chi connectivity index (χ0) is 29.0. The van der Waals surface area contributed by atoms with Gasteiger partial charge in [-0.25, -0.2) is 14.4 Å². The van der Waals surface area contributed by atoms with Crippen LogP contribution < -0.4 is 15.4 Å². The van der Waals surface area contributed by atoms with Crippen LogP contribution >= 0.6 is 12.4 Å². The number of methoxy groups -OCH3 is 1. The number of aromatic nitrogens is 2. The molecule has 3 fully saturated rings. The molecule has 5 rings (SSSR count). The van der Waals surface area contributed by atoms with Gasteiger partial charge < -0.3 is 34.6 Å². The third-order valence-electron chi connectivity index (χ3n) is 8.61. The van der Waals surface area contributed by atoms with Crippen molar-refractivity contribution in [3.05, 3.63) is 42.1 Å². The number of halogens is 2. The Labute approximate surface area is 254 Å². The van der Waals surface area contributed by atoms with Crippen molar-refractivity contribution < 1.29 is 23.4 Å². The highest BCUT2D eigenvalue weighted by molar-refractivity contribution is 5.97. The van der Waals surface area contributed by atoms with Gasteiger partial charge in [0.25, 0.3) is 5.91 Å². The smallest absolute Gasteiger partial charge is 0.258 e. The molecular formula is C30H44ClFN6O4. The van der Waals surface area contributed by atoms with Gasteiger partial charge in [-0.05, 0) is 70.8 Å². The lowest BCUT2D eigenvalue weighted by Gasteiger charge is -2.54. The number of nitrogens with zero attached hydrogens (tertiary/aromatic N) is 5. The van der Waals surface area contributed by atoms with Gasteiger partial charge in [0.2, 0.25) is 0 Å². The molecule has 1 amide bonds. The zero-order valence-electron chi connectivity index (χ0n) is 24.8. The van der Waals surface area contributed by atoms with Gasteiger partial charge >= 0.3 is 0 Å². The number of carbonyl (C=O) groups excluding carboxylic acids is 1. The number of carbonyl (C=O) groups is 1. The summed E-state index contributed by atoms with van der Waals surface area (Å²) in [6.45, 7) is 10.1. The number of hydrogen-bond donors (Lipinski definition) is 1. The van der Waals surface area contributed by atoms with E-state index in [0.29, 0.717) is 37.4 Å². The molecule has 42 heavy (non-hydrogen) atoms. The van der Waals surface area contributed by atoms with Crippen LogP contribution in [-0.4, -0.2) is 103 Å². The van der Waals surface area contributed by atoms with Crippen molar-refractivity contribution in [2.75, 3.05) is 64.5 Å². The maximum atomic E-state index is 14.3. The van der Waals surface area contributed by atoms with Crippen LogP contribution in [0.3, 0.4) is 0 Å². The fourth-order valence-corrected chi connectivity index (χ4v) is 6.13. The molecule has 1 aromatic heterocycles. The van der Waals surface area contributed by atoms with Gasteiger partial charge in [0.05, 0.1) is 31.1 Å². The van der Waals surface area contributed by atoms with Crippen molar-refractivity contribution in [2.45, 2.75) is 57.7 Å². The molecule has 0 unspecified atom stereocenters. The van der Waals surface area contributed by atoms with E-state index in [2.05, 4.69) is 19.8 Å². The Morgan fingerprint density at radius 2 is 2.00 bits per heavy atom. The van der Waals surface area contributed by atoms with Gasteiger partial charge in [-0.1, -0.05) is 0 Å². The topological polar surface area (TPSA) is 106 Å². The number of amides is 1. The predicted molar refractivity (Wildman–Crippen MR) is 161 cm³/mol. The van der Waals surface area contributed by atoms with Crippen LogP contribution in [0.15, 0.2) is 30.7 Å². The van der Waals surface area contributed by atoms with E-state index in [1.54, 1.807) is 18.2 Å². The number of likely N-dealkylation sites (tertiary alicyclic amines) is 1. The van der Waals surface area contributed by atoms with E-state index >= 15 is 0 Å². The molecule has 3 saturated heterocycles. The van der Waals surface area contributed by atoms with Crippen LogP contribution in [0, 0.1) is 11.2 Å². The van der Waals surface area contributed by atoms with E-state index in [4.69, 9.17) is 19.9 Å². The Morgan fingerprint density at radius 3 is 2.67 bits per heavy atom. The summed E-state index contributed by atoms with van der Waals surface area (Å²) in [6, 6.07) is 4.09. The number of nitrogens with two attached hydrogens (primary N) is 1. The number of benzene rings is 1. The summed E-state index contributed by atoms with van der Waals surface area (Å²) in [5.74, 6) is 0.574. The molecule has 2 aromatic rings. The van der Waals surface area contributed by atoms with Gasteiger partial charge in [0.1, 0.15) is 17.9 Å². The molecule has 12 heteroatoms. The third-order valence-corrected chi connectivity index (χ3v) is 8.61. The minimum Gasteiger partial charge on any atom is -0.451 e. The molecule has 2 N–H and O–H groups in total. The second-order valence-electron chi connectivity index (χ2n) is 12.0. The zero-order valence-corrected chi connectivity index (χ0v) is 25.7. The molecule has 4 heterocycles. The lowest BCUT2D eigenvalue weighted by Crippen LogP contribution is -2.61. The lowest BCUT2D eigenvalue weighted by molar-refractivity contribution is -0.0277. The first-order valence-corrected chi connectivity index (χ1v) is 14.7. The summed E-state index contributed by atoms with van der Waals surface area (Å²) in [5.41, 5.74) is 6.38. The number of ether oxygens (including phenoxy) is 3. The van der Waals surface area contributed by atoms with Gasteiger partial charge in [0.15, 0.2) is 11.6 Å². The second-order valence-corrected chi connectivity index (χ2v) is 12.0. The minimum absolute atomic E-state index is 0. The first-order valence-electron chi connectivity index (χ1n) is 14.7. The predicted octanol–water partition coefficient (Wildman–Crippen LogP) is 3.74. The molecule has 0 saturated carbocycles. The molecule has 0 bridgehead atoms. The lowest BCUT2D eigenvalue weighted by atomic mass is 9.72. The van der Waals surface area contributed by atoms with E-state index in [-0.39, 0.29) is 47.1 Å². The average molecular weight is 607 g/mol. The monoisotopic (exact) mass is 606 g/mol. The van der Waals surface area contributed by atoms with Crippen molar-refractivity contribution in [3.63, 3.8) is 0 Å². The second kappa shape index (κ2) is 14.3. The van der Waals surface area contributed by atoms with Crippen LogP contribution in [0.25, 0.3) is 0 Å². The highest BCUT2D eigenvalue weighted by atomic mass is 35.5. The molecule has 3 aliphatic heterocycles. The molecule has 0 radical (unpaired) electrons. The van der Waals surface area contributed by atoms with E-state index in [9.17, 15) is 9.18 Å². The van der Waals surface area contributed by atoms with Crippen LogP contribution in [0.2, 0.25) is 0 Å². The van der Waals surface area contributed by atoms with Crippen LogP contribution in [0.4, 0.5) is 10.2 Å². The van der Waals surface area contributed by atoms with Crippen molar-refractivity contribution in [2.24, 2.45) is 11.1 Å². The molecular weight excluding hydrogens is 563 g/mol. The number of hydrogen-bond acceptors (Lipinski definition) is 9. The Morgan fingerprint density at radius 1 is 1.24 bits per heavy atom. The Bertz CT molecular complexity index is 1180. The number of piperidine rings is 1. The normalized spacial score (nSPS) is 22.0. The molecule has 1 spiro atoms. The molecule has 3 aliphatic rings. The Balaban J connectivity index is 0.00000405. The highest BCUT2D eigenvalue weighted by Gasteiger charge is 2.46. The first-order chi connectivity index (χ1) is 19.8. The fourth-order valence-electron chi connectivity index (χ4n) is 6.13. The van der Waals surface area contributed by atoms with Crippen LogP contribution in [-0.2, 0) is 9.47 Å². The van der Waals surface area contributed by atoms with Crippen molar-refractivity contribution in [3.8, 4) is 11.5 Å². The first kappa shape index (κ1) is 32.3. The van der Waals surface area contributed by atoms with E-state index in [1.165, 1.54) is 24.5 Å². The van der Waals surface area contributed by atoms with Crippen molar-refractivity contribution in [1.29, 1.82) is 0 Å². The summed E-state index contributed by atoms with van der Waals surface area (Å²) < 4.78 is 31.7. The Hall–Kier alpha value is -2.57.